The normalized spacial score (nSPS) is 10.5. The first-order valence-corrected chi connectivity index (χ1v) is 5.91. The van der Waals surface area contributed by atoms with Gasteiger partial charge in [0.2, 0.25) is 0 Å². The Hall–Kier alpha value is -1.63. The lowest BCUT2D eigenvalue weighted by molar-refractivity contribution is 0.636. The van der Waals surface area contributed by atoms with E-state index in [1.54, 1.807) is 19.4 Å². The molecule has 0 aliphatic rings. The Morgan fingerprint density at radius 3 is 3.00 bits per heavy atom. The molecular weight excluding hydrogens is 286 g/mol. The minimum atomic E-state index is -0.158. The van der Waals surface area contributed by atoms with Gasteiger partial charge in [-0.2, -0.15) is 10.2 Å². The standard InChI is InChI=1S/C10H12BrN5O/c1-15-10(17)9(11)8(7-14-15)12-4-6-16-5-2-3-13-16/h2-3,5,7,12H,4,6H2,1H3. The molecule has 7 heteroatoms. The monoisotopic (exact) mass is 297 g/mol. The van der Waals surface area contributed by atoms with Gasteiger partial charge in [-0.15, -0.1) is 0 Å². The smallest absolute Gasteiger partial charge is 0.282 e. The maximum Gasteiger partial charge on any atom is 0.282 e. The number of hydrogen-bond acceptors (Lipinski definition) is 4. The number of nitrogens with zero attached hydrogens (tertiary/aromatic N) is 4. The van der Waals surface area contributed by atoms with Crippen LogP contribution in [-0.4, -0.2) is 26.1 Å². The molecule has 2 aromatic rings. The first kappa shape index (κ1) is 11.8. The topological polar surface area (TPSA) is 64.7 Å². The van der Waals surface area contributed by atoms with Crippen LogP contribution in [0.5, 0.6) is 0 Å². The van der Waals surface area contributed by atoms with E-state index in [0.29, 0.717) is 16.7 Å². The van der Waals surface area contributed by atoms with Crippen molar-refractivity contribution in [3.63, 3.8) is 0 Å². The van der Waals surface area contributed by atoms with E-state index in [1.807, 2.05) is 16.9 Å². The molecule has 0 saturated heterocycles. The fourth-order valence-corrected chi connectivity index (χ4v) is 1.87. The van der Waals surface area contributed by atoms with E-state index in [2.05, 4.69) is 31.4 Å². The van der Waals surface area contributed by atoms with Crippen molar-refractivity contribution in [2.24, 2.45) is 7.05 Å². The molecule has 0 saturated carbocycles. The van der Waals surface area contributed by atoms with Crippen LogP contribution >= 0.6 is 15.9 Å². The summed E-state index contributed by atoms with van der Waals surface area (Å²) in [5, 5.41) is 11.2. The van der Waals surface area contributed by atoms with Crippen LogP contribution in [0.15, 0.2) is 33.9 Å². The summed E-state index contributed by atoms with van der Waals surface area (Å²) in [6.45, 7) is 1.41. The number of anilines is 1. The molecule has 90 valence electrons. The van der Waals surface area contributed by atoms with Crippen LogP contribution in [0.1, 0.15) is 0 Å². The molecule has 0 radical (unpaired) electrons. The number of aryl methyl sites for hydroxylation is 1. The Morgan fingerprint density at radius 1 is 1.47 bits per heavy atom. The molecule has 0 unspecified atom stereocenters. The molecule has 1 N–H and O–H groups in total. The van der Waals surface area contributed by atoms with E-state index in [-0.39, 0.29) is 5.56 Å². The van der Waals surface area contributed by atoms with Gasteiger partial charge in [0.15, 0.2) is 0 Å². The van der Waals surface area contributed by atoms with Crippen LogP contribution in [-0.2, 0) is 13.6 Å². The van der Waals surface area contributed by atoms with Gasteiger partial charge in [0.25, 0.3) is 5.56 Å². The summed E-state index contributed by atoms with van der Waals surface area (Å²) in [7, 11) is 1.61. The molecule has 0 aromatic carbocycles. The highest BCUT2D eigenvalue weighted by Gasteiger charge is 2.05. The van der Waals surface area contributed by atoms with Crippen LogP contribution in [0.2, 0.25) is 0 Å². The van der Waals surface area contributed by atoms with Crippen molar-refractivity contribution in [3.8, 4) is 0 Å². The molecular formula is C10H12BrN5O. The molecule has 0 amide bonds. The van der Waals surface area contributed by atoms with Gasteiger partial charge < -0.3 is 5.32 Å². The number of nitrogens with one attached hydrogen (secondary N) is 1. The van der Waals surface area contributed by atoms with Gasteiger partial charge in [0.05, 0.1) is 18.4 Å². The Bertz CT molecular complexity index is 548. The number of rotatable bonds is 4. The van der Waals surface area contributed by atoms with Gasteiger partial charge in [-0.25, -0.2) is 4.68 Å². The summed E-state index contributed by atoms with van der Waals surface area (Å²) in [5.74, 6) is 0. The lowest BCUT2D eigenvalue weighted by Crippen LogP contribution is -2.22. The van der Waals surface area contributed by atoms with Gasteiger partial charge in [0.1, 0.15) is 4.47 Å². The first-order chi connectivity index (χ1) is 8.18. The zero-order valence-electron chi connectivity index (χ0n) is 9.30. The van der Waals surface area contributed by atoms with E-state index >= 15 is 0 Å². The van der Waals surface area contributed by atoms with Gasteiger partial charge in [-0.05, 0) is 22.0 Å². The summed E-state index contributed by atoms with van der Waals surface area (Å²) in [6, 6.07) is 1.87. The second-order valence-electron chi connectivity index (χ2n) is 3.50. The number of halogens is 1. The molecule has 6 nitrogen and oxygen atoms in total. The first-order valence-electron chi connectivity index (χ1n) is 5.11. The fraction of sp³-hybridized carbons (Fsp3) is 0.300. The maximum atomic E-state index is 11.6. The minimum Gasteiger partial charge on any atom is -0.381 e. The SMILES string of the molecule is Cn1ncc(NCCn2cccn2)c(Br)c1=O. The van der Waals surface area contributed by atoms with Gasteiger partial charge >= 0.3 is 0 Å². The molecule has 2 heterocycles. The van der Waals surface area contributed by atoms with Crippen molar-refractivity contribution in [1.29, 1.82) is 0 Å². The van der Waals surface area contributed by atoms with Gasteiger partial charge in [-0.1, -0.05) is 0 Å². The van der Waals surface area contributed by atoms with E-state index in [0.717, 1.165) is 6.54 Å². The zero-order valence-corrected chi connectivity index (χ0v) is 10.9. The second-order valence-corrected chi connectivity index (χ2v) is 4.29. The summed E-state index contributed by atoms with van der Waals surface area (Å²) >= 11 is 3.25. The maximum absolute atomic E-state index is 11.6. The molecule has 0 atom stereocenters. The molecule has 0 aliphatic heterocycles. The Morgan fingerprint density at radius 2 is 2.29 bits per heavy atom. The summed E-state index contributed by atoms with van der Waals surface area (Å²) in [4.78, 5) is 11.6. The van der Waals surface area contributed by atoms with Crippen LogP contribution in [0.25, 0.3) is 0 Å². The Labute approximate surface area is 106 Å². The summed E-state index contributed by atoms with van der Waals surface area (Å²) < 4.78 is 3.59. The third kappa shape index (κ3) is 2.73. The predicted octanol–water partition coefficient (Wildman–Crippen LogP) is 0.851. The zero-order chi connectivity index (χ0) is 12.3. The van der Waals surface area contributed by atoms with Crippen molar-refractivity contribution in [1.82, 2.24) is 19.6 Å². The van der Waals surface area contributed by atoms with E-state index < -0.39 is 0 Å². The van der Waals surface area contributed by atoms with Crippen molar-refractivity contribution >= 4 is 21.6 Å². The third-order valence-corrected chi connectivity index (χ3v) is 3.06. The third-order valence-electron chi connectivity index (χ3n) is 2.29. The van der Waals surface area contributed by atoms with Crippen molar-refractivity contribution in [2.75, 3.05) is 11.9 Å². The van der Waals surface area contributed by atoms with Crippen molar-refractivity contribution in [2.45, 2.75) is 6.54 Å². The average molecular weight is 298 g/mol. The molecule has 17 heavy (non-hydrogen) atoms. The summed E-state index contributed by atoms with van der Waals surface area (Å²) in [6.07, 6.45) is 5.24. The van der Waals surface area contributed by atoms with Gasteiger partial charge in [-0.3, -0.25) is 9.48 Å². The van der Waals surface area contributed by atoms with Gasteiger partial charge in [0, 0.05) is 26.0 Å². The van der Waals surface area contributed by atoms with Crippen LogP contribution in [0.4, 0.5) is 5.69 Å². The largest absolute Gasteiger partial charge is 0.381 e. The minimum absolute atomic E-state index is 0.158. The summed E-state index contributed by atoms with van der Waals surface area (Å²) in [5.41, 5.74) is 0.536. The highest BCUT2D eigenvalue weighted by atomic mass is 79.9. The number of aromatic nitrogens is 4. The molecule has 2 rings (SSSR count). The fourth-order valence-electron chi connectivity index (χ4n) is 1.37. The highest BCUT2D eigenvalue weighted by molar-refractivity contribution is 9.10. The van der Waals surface area contributed by atoms with Crippen LogP contribution < -0.4 is 10.9 Å². The molecule has 0 aliphatic carbocycles. The molecule has 0 spiro atoms. The highest BCUT2D eigenvalue weighted by Crippen LogP contribution is 2.15. The van der Waals surface area contributed by atoms with E-state index in [4.69, 9.17) is 0 Å². The molecule has 2 aromatic heterocycles. The second kappa shape index (κ2) is 5.13. The lowest BCUT2D eigenvalue weighted by atomic mass is 10.4. The van der Waals surface area contributed by atoms with E-state index in [1.165, 1.54) is 4.68 Å². The average Bonchev–Trinajstić information content (AvgIpc) is 2.82. The quantitative estimate of drug-likeness (QED) is 0.909. The van der Waals surface area contributed by atoms with Crippen LogP contribution in [0.3, 0.4) is 0 Å². The Balaban J connectivity index is 2.00. The Kier molecular flexibility index (Phi) is 3.58. The number of hydrogen-bond donors (Lipinski definition) is 1. The molecule has 0 fully saturated rings. The van der Waals surface area contributed by atoms with Crippen molar-refractivity contribution < 1.29 is 0 Å². The van der Waals surface area contributed by atoms with Crippen LogP contribution in [0, 0.1) is 0 Å². The predicted molar refractivity (Wildman–Crippen MR) is 67.9 cm³/mol. The lowest BCUT2D eigenvalue weighted by Gasteiger charge is -2.08. The molecule has 0 bridgehead atoms. The van der Waals surface area contributed by atoms with Crippen molar-refractivity contribution in [3.05, 3.63) is 39.5 Å². The van der Waals surface area contributed by atoms with E-state index in [9.17, 15) is 4.79 Å².